The van der Waals surface area contributed by atoms with Crippen LogP contribution in [-0.2, 0) is 17.8 Å². The largest absolute Gasteiger partial charge is 0.497 e. The summed E-state index contributed by atoms with van der Waals surface area (Å²) in [6, 6.07) is 16.3. The number of amides is 1. The van der Waals surface area contributed by atoms with E-state index >= 15 is 0 Å². The van der Waals surface area contributed by atoms with Gasteiger partial charge >= 0.3 is 0 Å². The summed E-state index contributed by atoms with van der Waals surface area (Å²) in [6.07, 6.45) is 0.838. The lowest BCUT2D eigenvalue weighted by molar-refractivity contribution is -1.02. The minimum absolute atomic E-state index is 0.145. The lowest BCUT2D eigenvalue weighted by Crippen LogP contribution is -3.28. The summed E-state index contributed by atoms with van der Waals surface area (Å²) in [6.45, 7) is 6.55. The first-order valence-corrected chi connectivity index (χ1v) is 10.4. The molecule has 6 heteroatoms. The van der Waals surface area contributed by atoms with Crippen molar-refractivity contribution in [3.63, 3.8) is 0 Å². The van der Waals surface area contributed by atoms with Gasteiger partial charge in [0.15, 0.2) is 6.54 Å². The van der Waals surface area contributed by atoms with E-state index in [2.05, 4.69) is 17.4 Å². The third-order valence-electron chi connectivity index (χ3n) is 5.58. The standard InChI is InChI=1S/C23H31N3O3/c1-28-21-7-3-19(4-8-21)11-12-24-23(27)18-26-15-13-25(14-16-26)17-20-5-9-22(29-2)10-6-20/h3-10H,11-18H2,1-2H3,(H,24,27)/p+2. The second-order valence-electron chi connectivity index (χ2n) is 7.65. The van der Waals surface area contributed by atoms with Crippen molar-refractivity contribution < 1.29 is 24.1 Å². The first-order chi connectivity index (χ1) is 14.2. The van der Waals surface area contributed by atoms with E-state index in [4.69, 9.17) is 9.47 Å². The summed E-state index contributed by atoms with van der Waals surface area (Å²) in [5.74, 6) is 1.90. The Kier molecular flexibility index (Phi) is 7.90. The van der Waals surface area contributed by atoms with Crippen molar-refractivity contribution >= 4 is 5.91 Å². The summed E-state index contributed by atoms with van der Waals surface area (Å²) in [4.78, 5) is 15.2. The maximum Gasteiger partial charge on any atom is 0.275 e. The Bertz CT molecular complexity index is 754. The SMILES string of the molecule is COc1ccc(CCNC(=O)C[NH+]2CC[NH+](Cc3ccc(OC)cc3)CC2)cc1. The third kappa shape index (κ3) is 6.76. The molecule has 2 aromatic carbocycles. The van der Waals surface area contributed by atoms with Crippen molar-refractivity contribution in [2.75, 3.05) is 53.5 Å². The molecule has 0 aromatic heterocycles. The minimum Gasteiger partial charge on any atom is -0.497 e. The molecular weight excluding hydrogens is 366 g/mol. The lowest BCUT2D eigenvalue weighted by Gasteiger charge is -2.29. The Morgan fingerprint density at radius 2 is 1.34 bits per heavy atom. The van der Waals surface area contributed by atoms with Crippen molar-refractivity contribution in [1.29, 1.82) is 0 Å². The maximum atomic E-state index is 12.3. The monoisotopic (exact) mass is 399 g/mol. The molecule has 29 heavy (non-hydrogen) atoms. The van der Waals surface area contributed by atoms with Gasteiger partial charge in [-0.2, -0.15) is 0 Å². The van der Waals surface area contributed by atoms with E-state index in [9.17, 15) is 4.79 Å². The fraction of sp³-hybridized carbons (Fsp3) is 0.435. The van der Waals surface area contributed by atoms with Gasteiger partial charge in [0.05, 0.1) is 14.2 Å². The van der Waals surface area contributed by atoms with Crippen molar-refractivity contribution in [2.45, 2.75) is 13.0 Å². The molecule has 6 nitrogen and oxygen atoms in total. The van der Waals surface area contributed by atoms with Gasteiger partial charge in [0.2, 0.25) is 0 Å². The summed E-state index contributed by atoms with van der Waals surface area (Å²) < 4.78 is 10.4. The highest BCUT2D eigenvalue weighted by Gasteiger charge is 2.24. The van der Waals surface area contributed by atoms with Crippen LogP contribution >= 0.6 is 0 Å². The number of nitrogens with one attached hydrogen (secondary N) is 3. The number of piperazine rings is 1. The molecule has 1 amide bonds. The molecule has 1 heterocycles. The normalized spacial score (nSPS) is 18.8. The topological polar surface area (TPSA) is 56.4 Å². The summed E-state index contributed by atoms with van der Waals surface area (Å²) in [5, 5.41) is 3.06. The van der Waals surface area contributed by atoms with Gasteiger partial charge in [0.1, 0.15) is 44.2 Å². The van der Waals surface area contributed by atoms with E-state index in [1.54, 1.807) is 19.1 Å². The van der Waals surface area contributed by atoms with Crippen LogP contribution in [0.5, 0.6) is 11.5 Å². The number of quaternary nitrogens is 2. The van der Waals surface area contributed by atoms with Crippen LogP contribution in [0.2, 0.25) is 0 Å². The van der Waals surface area contributed by atoms with Gasteiger partial charge in [-0.1, -0.05) is 12.1 Å². The van der Waals surface area contributed by atoms with Crippen LogP contribution in [0.15, 0.2) is 48.5 Å². The van der Waals surface area contributed by atoms with Gasteiger partial charge in [-0.05, 0) is 48.4 Å². The highest BCUT2D eigenvalue weighted by atomic mass is 16.5. The highest BCUT2D eigenvalue weighted by Crippen LogP contribution is 2.11. The van der Waals surface area contributed by atoms with Crippen LogP contribution in [0.25, 0.3) is 0 Å². The van der Waals surface area contributed by atoms with Gasteiger partial charge in [0.25, 0.3) is 5.91 Å². The zero-order chi connectivity index (χ0) is 20.5. The molecule has 1 aliphatic rings. The Hall–Kier alpha value is -2.57. The molecule has 1 fully saturated rings. The summed E-state index contributed by atoms with van der Waals surface area (Å²) in [5.41, 5.74) is 2.54. The molecule has 0 aliphatic carbocycles. The number of rotatable bonds is 9. The number of benzene rings is 2. The van der Waals surface area contributed by atoms with Crippen LogP contribution in [0.1, 0.15) is 11.1 Å². The first kappa shape index (κ1) is 21.1. The van der Waals surface area contributed by atoms with E-state index in [0.29, 0.717) is 13.1 Å². The van der Waals surface area contributed by atoms with Gasteiger partial charge in [-0.3, -0.25) is 4.79 Å². The average Bonchev–Trinajstić information content (AvgIpc) is 2.76. The Labute approximate surface area is 173 Å². The molecule has 0 radical (unpaired) electrons. The van der Waals surface area contributed by atoms with Crippen molar-refractivity contribution in [3.05, 3.63) is 59.7 Å². The molecule has 156 valence electrons. The number of carbonyl (C=O) groups excluding carboxylic acids is 1. The van der Waals surface area contributed by atoms with Crippen molar-refractivity contribution in [3.8, 4) is 11.5 Å². The Balaban J connectivity index is 1.32. The molecule has 3 rings (SSSR count). The van der Waals surface area contributed by atoms with Crippen molar-refractivity contribution in [2.24, 2.45) is 0 Å². The quantitative estimate of drug-likeness (QED) is 0.525. The summed E-state index contributed by atoms with van der Waals surface area (Å²) in [7, 11) is 3.36. The van der Waals surface area contributed by atoms with Crippen LogP contribution in [0.4, 0.5) is 0 Å². The smallest absolute Gasteiger partial charge is 0.275 e. The average molecular weight is 400 g/mol. The van der Waals surface area contributed by atoms with E-state index < -0.39 is 0 Å². The summed E-state index contributed by atoms with van der Waals surface area (Å²) >= 11 is 0. The molecule has 0 spiro atoms. The van der Waals surface area contributed by atoms with Gasteiger partial charge in [-0.25, -0.2) is 0 Å². The third-order valence-corrected chi connectivity index (χ3v) is 5.58. The van der Waals surface area contributed by atoms with Crippen LogP contribution in [0.3, 0.4) is 0 Å². The molecule has 2 aromatic rings. The second kappa shape index (κ2) is 10.8. The number of methoxy groups -OCH3 is 2. The van der Waals surface area contributed by atoms with Gasteiger partial charge in [0, 0.05) is 12.1 Å². The number of ether oxygens (including phenoxy) is 2. The lowest BCUT2D eigenvalue weighted by atomic mass is 10.1. The molecule has 0 unspecified atom stereocenters. The zero-order valence-corrected chi connectivity index (χ0v) is 17.5. The minimum atomic E-state index is 0.145. The van der Waals surface area contributed by atoms with E-state index in [1.165, 1.54) is 16.0 Å². The second-order valence-corrected chi connectivity index (χ2v) is 7.65. The van der Waals surface area contributed by atoms with E-state index in [-0.39, 0.29) is 5.91 Å². The molecular formula is C23H33N3O3+2. The maximum absolute atomic E-state index is 12.3. The highest BCUT2D eigenvalue weighted by molar-refractivity contribution is 5.76. The number of hydrogen-bond donors (Lipinski definition) is 3. The molecule has 1 aliphatic heterocycles. The Morgan fingerprint density at radius 1 is 0.828 bits per heavy atom. The fourth-order valence-corrected chi connectivity index (χ4v) is 3.77. The predicted octanol–water partition coefficient (Wildman–Crippen LogP) is -0.654. The van der Waals surface area contributed by atoms with Crippen LogP contribution in [-0.4, -0.2) is 59.4 Å². The molecule has 0 bridgehead atoms. The van der Waals surface area contributed by atoms with E-state index in [0.717, 1.165) is 50.6 Å². The number of hydrogen-bond acceptors (Lipinski definition) is 3. The molecule has 0 saturated carbocycles. The predicted molar refractivity (Wildman–Crippen MR) is 113 cm³/mol. The number of carbonyl (C=O) groups is 1. The van der Waals surface area contributed by atoms with Gasteiger partial charge in [-0.15, -0.1) is 0 Å². The van der Waals surface area contributed by atoms with Crippen LogP contribution in [0, 0.1) is 0 Å². The van der Waals surface area contributed by atoms with Gasteiger partial charge < -0.3 is 24.6 Å². The Morgan fingerprint density at radius 3 is 1.90 bits per heavy atom. The van der Waals surface area contributed by atoms with Crippen molar-refractivity contribution in [1.82, 2.24) is 5.32 Å². The molecule has 0 atom stereocenters. The first-order valence-electron chi connectivity index (χ1n) is 10.4. The molecule has 1 saturated heterocycles. The van der Waals surface area contributed by atoms with E-state index in [1.807, 2.05) is 36.4 Å². The van der Waals surface area contributed by atoms with Crippen LogP contribution < -0.4 is 24.6 Å². The fourth-order valence-electron chi connectivity index (χ4n) is 3.77. The molecule has 3 N–H and O–H groups in total. The zero-order valence-electron chi connectivity index (χ0n) is 17.5.